The predicted molar refractivity (Wildman–Crippen MR) is 57.3 cm³/mol. The Balaban J connectivity index is -0.000000169. The van der Waals surface area contributed by atoms with Crippen LogP contribution < -0.4 is 5.32 Å². The van der Waals surface area contributed by atoms with Crippen LogP contribution in [0, 0.1) is 13.0 Å². The molecule has 1 N–H and O–H groups in total. The van der Waals surface area contributed by atoms with Crippen molar-refractivity contribution >= 4 is 9.52 Å². The van der Waals surface area contributed by atoms with E-state index in [1.165, 1.54) is 19.0 Å². The van der Waals surface area contributed by atoms with Crippen LogP contribution in [-0.4, -0.2) is 22.6 Å². The summed E-state index contributed by atoms with van der Waals surface area (Å²) in [5.41, 5.74) is 0. The monoisotopic (exact) mass is 246 g/mol. The van der Waals surface area contributed by atoms with Crippen LogP contribution in [0.3, 0.4) is 0 Å². The van der Waals surface area contributed by atoms with E-state index in [1.54, 1.807) is 6.92 Å². The Labute approximate surface area is 93.2 Å². The van der Waals surface area contributed by atoms with Gasteiger partial charge in [-0.1, -0.05) is 12.6 Å². The molecule has 0 amide bonds. The van der Waals surface area contributed by atoms with Crippen LogP contribution >= 0.6 is 0 Å². The van der Waals surface area contributed by atoms with Crippen molar-refractivity contribution in [3.05, 3.63) is 19.6 Å². The van der Waals surface area contributed by atoms with E-state index in [0.717, 1.165) is 6.54 Å². The van der Waals surface area contributed by atoms with E-state index in [9.17, 15) is 0 Å². The normalized spacial score (nSPS) is 8.31. The molecule has 0 unspecified atom stereocenters. The number of hydrogen-bond donors (Lipinski definition) is 1. The molecule has 0 aliphatic carbocycles. The third kappa shape index (κ3) is 46.8. The van der Waals surface area contributed by atoms with Crippen LogP contribution in [0.15, 0.2) is 6.58 Å². The summed E-state index contributed by atoms with van der Waals surface area (Å²) < 4.78 is 7.94. The minimum absolute atomic E-state index is 0.326. The van der Waals surface area contributed by atoms with E-state index >= 15 is 0 Å². The first-order valence-electron chi connectivity index (χ1n) is 4.40. The van der Waals surface area contributed by atoms with Gasteiger partial charge in [0.15, 0.2) is 0 Å². The van der Waals surface area contributed by atoms with Crippen molar-refractivity contribution in [1.82, 2.24) is 5.32 Å². The maximum absolute atomic E-state index is 7.94. The first kappa shape index (κ1) is 18.9. The maximum atomic E-state index is 7.94. The van der Waals surface area contributed by atoms with Crippen LogP contribution in [0.4, 0.5) is 0 Å². The number of allylic oxidation sites excluding steroid dienone is 1. The van der Waals surface area contributed by atoms with Crippen LogP contribution in [0.5, 0.6) is 0 Å². The van der Waals surface area contributed by atoms with Crippen LogP contribution in [0.1, 0.15) is 13.3 Å². The van der Waals surface area contributed by atoms with Gasteiger partial charge in [-0.2, -0.15) is 6.92 Å². The molecule has 0 rings (SSSR count). The third-order valence-electron chi connectivity index (χ3n) is 1.13. The predicted octanol–water partition coefficient (Wildman–Crippen LogP) is 1.31. The number of hydrogen-bond acceptors (Lipinski definition) is 2. The first-order valence-corrected chi connectivity index (χ1v) is 7.24. The molecule has 0 radical (unpaired) electrons. The average Bonchev–Trinajstić information content (AvgIpc) is 2.17. The molecule has 0 saturated heterocycles. The molecular formula is C9H21CoNOSi-2. The zero-order valence-corrected chi connectivity index (χ0v) is 11.1. The van der Waals surface area contributed by atoms with Gasteiger partial charge in [0.1, 0.15) is 0 Å². The fourth-order valence-electron chi connectivity index (χ4n) is 0.625. The van der Waals surface area contributed by atoms with E-state index in [4.69, 9.17) is 3.87 Å². The molecule has 0 aliphatic rings. The van der Waals surface area contributed by atoms with Crippen molar-refractivity contribution in [2.75, 3.05) is 13.1 Å². The molecule has 0 aliphatic heterocycles. The molecule has 0 heterocycles. The standard InChI is InChI=1S/C6H16NSi.C3H5.Co.O/c1-3-7-5-4-6-8-2;1-3-2;;/h7H,1,3-6,8H2,2H3;1H2,2H3;;/q2*-1;;. The summed E-state index contributed by atoms with van der Waals surface area (Å²) in [7, 11) is 0.326. The van der Waals surface area contributed by atoms with Crippen molar-refractivity contribution < 1.29 is 19.5 Å². The van der Waals surface area contributed by atoms with Crippen LogP contribution in [0.25, 0.3) is 0 Å². The van der Waals surface area contributed by atoms with E-state index in [2.05, 4.69) is 47.1 Å². The second kappa shape index (κ2) is 29.5. The average molecular weight is 246 g/mol. The van der Waals surface area contributed by atoms with Gasteiger partial charge >= 0.3 is 19.5 Å². The Bertz CT molecular complexity index is 78.0. The van der Waals surface area contributed by atoms with Gasteiger partial charge in [-0.15, -0.1) is 6.54 Å². The Morgan fingerprint density at radius 1 is 1.62 bits per heavy atom. The van der Waals surface area contributed by atoms with Crippen molar-refractivity contribution in [2.45, 2.75) is 25.9 Å². The number of nitrogens with one attached hydrogen (secondary N) is 1. The van der Waals surface area contributed by atoms with Gasteiger partial charge in [0.2, 0.25) is 0 Å². The summed E-state index contributed by atoms with van der Waals surface area (Å²) in [5, 5.41) is 3.19. The Morgan fingerprint density at radius 3 is 2.38 bits per heavy atom. The summed E-state index contributed by atoms with van der Waals surface area (Å²) in [6.45, 7) is 13.1. The van der Waals surface area contributed by atoms with E-state index in [-0.39, 0.29) is 0 Å². The van der Waals surface area contributed by atoms with Gasteiger partial charge in [-0.25, -0.2) is 0 Å². The van der Waals surface area contributed by atoms with Crippen molar-refractivity contribution in [2.24, 2.45) is 0 Å². The fourth-order valence-corrected chi connectivity index (χ4v) is 1.37. The van der Waals surface area contributed by atoms with Crippen molar-refractivity contribution in [1.29, 1.82) is 0 Å². The molecule has 0 atom stereocenters. The molecular weight excluding hydrogens is 225 g/mol. The summed E-state index contributed by atoms with van der Waals surface area (Å²) in [6, 6.07) is 1.48. The molecule has 0 saturated carbocycles. The van der Waals surface area contributed by atoms with Crippen LogP contribution in [0.2, 0.25) is 12.6 Å². The molecule has 0 bridgehead atoms. The molecule has 0 aromatic carbocycles. The van der Waals surface area contributed by atoms with E-state index in [0.29, 0.717) is 9.52 Å². The summed E-state index contributed by atoms with van der Waals surface area (Å²) in [5.74, 6) is 0. The molecule has 13 heavy (non-hydrogen) atoms. The first-order chi connectivity index (χ1) is 6.33. The molecule has 0 fully saturated rings. The van der Waals surface area contributed by atoms with Gasteiger partial charge in [-0.3, -0.25) is 6.58 Å². The SMILES string of the molecule is C=[C-]C.[CH2-]CNCCC[SiH2]C.[O]=[Co]. The Kier molecular flexibility index (Phi) is 42.9. The second-order valence-electron chi connectivity index (χ2n) is 2.31. The molecule has 83 valence electrons. The molecule has 2 nitrogen and oxygen atoms in total. The van der Waals surface area contributed by atoms with Gasteiger partial charge in [0.25, 0.3) is 0 Å². The third-order valence-corrected chi connectivity index (χ3v) is 2.34. The zero-order valence-electron chi connectivity index (χ0n) is 8.69. The fraction of sp³-hybridized carbons (Fsp3) is 0.667. The summed E-state index contributed by atoms with van der Waals surface area (Å²) in [6.07, 6.45) is 3.86. The summed E-state index contributed by atoms with van der Waals surface area (Å²) in [4.78, 5) is 0. The Morgan fingerprint density at radius 2 is 2.08 bits per heavy atom. The minimum atomic E-state index is 0.326. The molecule has 0 aromatic heterocycles. The molecule has 0 spiro atoms. The topological polar surface area (TPSA) is 29.1 Å². The van der Waals surface area contributed by atoms with Gasteiger partial charge in [0, 0.05) is 9.52 Å². The van der Waals surface area contributed by atoms with E-state index in [1.807, 2.05) is 0 Å². The van der Waals surface area contributed by atoms with Crippen LogP contribution in [-0.2, 0) is 19.5 Å². The van der Waals surface area contributed by atoms with Crippen molar-refractivity contribution in [3.8, 4) is 0 Å². The second-order valence-corrected chi connectivity index (χ2v) is 4.02. The number of rotatable bonds is 5. The van der Waals surface area contributed by atoms with Crippen molar-refractivity contribution in [3.63, 3.8) is 0 Å². The van der Waals surface area contributed by atoms with Gasteiger partial charge in [-0.05, 0) is 13.0 Å². The van der Waals surface area contributed by atoms with Gasteiger partial charge < -0.3 is 18.3 Å². The van der Waals surface area contributed by atoms with E-state index < -0.39 is 0 Å². The molecule has 4 heteroatoms. The quantitative estimate of drug-likeness (QED) is 0.450. The summed E-state index contributed by atoms with van der Waals surface area (Å²) >= 11 is 2.31. The Hall–Kier alpha value is 0.223. The molecule has 0 aromatic rings. The van der Waals surface area contributed by atoms with Gasteiger partial charge in [0.05, 0.1) is 0 Å². The zero-order chi connectivity index (χ0) is 10.9.